The molecule has 30 heavy (non-hydrogen) atoms. The van der Waals surface area contributed by atoms with Gasteiger partial charge in [-0.1, -0.05) is 48.1 Å². The van der Waals surface area contributed by atoms with E-state index in [0.29, 0.717) is 37.9 Å². The molecular weight excluding hydrogens is 378 g/mol. The van der Waals surface area contributed by atoms with Gasteiger partial charge in [-0.2, -0.15) is 0 Å². The van der Waals surface area contributed by atoms with Crippen molar-refractivity contribution in [3.8, 4) is 0 Å². The summed E-state index contributed by atoms with van der Waals surface area (Å²) in [5, 5.41) is 20.9. The van der Waals surface area contributed by atoms with Gasteiger partial charge in [0.15, 0.2) is 0 Å². The van der Waals surface area contributed by atoms with Gasteiger partial charge in [0.2, 0.25) is 5.91 Å². The van der Waals surface area contributed by atoms with Gasteiger partial charge in [0, 0.05) is 26.4 Å². The fourth-order valence-electron chi connectivity index (χ4n) is 4.70. The van der Waals surface area contributed by atoms with Crippen molar-refractivity contribution >= 4 is 5.91 Å². The second-order valence-electron chi connectivity index (χ2n) is 8.97. The lowest BCUT2D eigenvalue weighted by atomic mass is 9.89. The number of nitrogens with zero attached hydrogens (tertiary/aromatic N) is 1. The largest absolute Gasteiger partial charge is 0.392 e. The van der Waals surface area contributed by atoms with Gasteiger partial charge < -0.3 is 19.8 Å². The molecule has 0 heterocycles. The molecular formula is C25H35NO4. The van der Waals surface area contributed by atoms with Gasteiger partial charge in [0.25, 0.3) is 0 Å². The quantitative estimate of drug-likeness (QED) is 0.482. The van der Waals surface area contributed by atoms with Crippen molar-refractivity contribution in [3.05, 3.63) is 59.2 Å². The van der Waals surface area contributed by atoms with Crippen LogP contribution in [0.2, 0.25) is 0 Å². The maximum atomic E-state index is 11.6. The lowest BCUT2D eigenvalue weighted by Crippen LogP contribution is -2.23. The molecule has 2 aliphatic rings. The lowest BCUT2D eigenvalue weighted by molar-refractivity contribution is -0.129. The fourth-order valence-corrected chi connectivity index (χ4v) is 4.70. The predicted octanol–water partition coefficient (Wildman–Crippen LogP) is 2.89. The highest BCUT2D eigenvalue weighted by atomic mass is 16.5. The molecule has 3 rings (SSSR count). The summed E-state index contributed by atoms with van der Waals surface area (Å²) in [4.78, 5) is 13.2. The Balaban J connectivity index is 1.47. The Morgan fingerprint density at radius 2 is 2.17 bits per heavy atom. The summed E-state index contributed by atoms with van der Waals surface area (Å²) in [5.74, 6) is 0.867. The van der Waals surface area contributed by atoms with Crippen molar-refractivity contribution in [1.29, 1.82) is 0 Å². The fraction of sp³-hybridized carbons (Fsp3) is 0.560. The Hall–Kier alpha value is -1.95. The number of hydrogen-bond acceptors (Lipinski definition) is 4. The van der Waals surface area contributed by atoms with E-state index in [-0.39, 0.29) is 17.9 Å². The van der Waals surface area contributed by atoms with Crippen LogP contribution in [0.3, 0.4) is 0 Å². The summed E-state index contributed by atoms with van der Waals surface area (Å²) in [6.45, 7) is 3.03. The van der Waals surface area contributed by atoms with E-state index in [4.69, 9.17) is 4.74 Å². The van der Waals surface area contributed by atoms with E-state index in [9.17, 15) is 15.0 Å². The van der Waals surface area contributed by atoms with Crippen molar-refractivity contribution in [1.82, 2.24) is 4.90 Å². The van der Waals surface area contributed by atoms with Gasteiger partial charge >= 0.3 is 0 Å². The van der Waals surface area contributed by atoms with E-state index in [2.05, 4.69) is 25.1 Å². The number of rotatable bonds is 9. The van der Waals surface area contributed by atoms with Crippen LogP contribution >= 0.6 is 0 Å². The van der Waals surface area contributed by atoms with Gasteiger partial charge in [0.05, 0.1) is 31.8 Å². The summed E-state index contributed by atoms with van der Waals surface area (Å²) in [5.41, 5.74) is 3.57. The standard InChI is InChI=1S/C25H35NO4/c1-17-5-4-6-18(11-17)13-21(27)7-8-22-23-14-19(12-20(23)15-24(22)28)16-30-10-9-25(29)26(2)3/h4-8,11-12,20-24,27-28H,9-10,13-16H2,1-3H3/b8-7+/t20-,21-,22+,23-,24+/m0/s1. The molecule has 1 saturated carbocycles. The molecule has 0 unspecified atom stereocenters. The first kappa shape index (κ1) is 22.7. The van der Waals surface area contributed by atoms with Crippen molar-refractivity contribution in [2.75, 3.05) is 27.3 Å². The highest BCUT2D eigenvalue weighted by molar-refractivity contribution is 5.75. The number of aliphatic hydroxyl groups excluding tert-OH is 2. The molecule has 5 atom stereocenters. The molecule has 0 radical (unpaired) electrons. The summed E-state index contributed by atoms with van der Waals surface area (Å²) in [6.07, 6.45) is 7.85. The van der Waals surface area contributed by atoms with Crippen molar-refractivity contribution in [2.45, 2.75) is 44.8 Å². The average Bonchev–Trinajstić information content (AvgIpc) is 3.19. The number of fused-ring (bicyclic) bond motifs is 1. The number of carbonyl (C=O) groups excluding carboxylic acids is 1. The Morgan fingerprint density at radius 1 is 1.37 bits per heavy atom. The minimum atomic E-state index is -0.551. The van der Waals surface area contributed by atoms with Crippen molar-refractivity contribution in [2.24, 2.45) is 17.8 Å². The Labute approximate surface area is 180 Å². The van der Waals surface area contributed by atoms with Gasteiger partial charge in [0.1, 0.15) is 0 Å². The average molecular weight is 414 g/mol. The van der Waals surface area contributed by atoms with Crippen LogP contribution in [0.5, 0.6) is 0 Å². The number of hydrogen-bond donors (Lipinski definition) is 2. The first-order valence-electron chi connectivity index (χ1n) is 10.9. The number of aryl methyl sites for hydroxylation is 1. The SMILES string of the molecule is Cc1cccc(C[C@@H](O)/C=C/[C@@H]2[C@H]3CC(COCCC(=O)N(C)C)=C[C@H]3C[C@H]2O)c1. The van der Waals surface area contributed by atoms with Crippen LogP contribution < -0.4 is 0 Å². The van der Waals surface area contributed by atoms with Gasteiger partial charge in [-0.05, 0) is 42.7 Å². The molecule has 1 fully saturated rings. The zero-order valence-electron chi connectivity index (χ0n) is 18.3. The highest BCUT2D eigenvalue weighted by Gasteiger charge is 2.43. The monoisotopic (exact) mass is 413 g/mol. The van der Waals surface area contributed by atoms with Crippen LogP contribution in [0.15, 0.2) is 48.1 Å². The molecule has 0 bridgehead atoms. The van der Waals surface area contributed by atoms with E-state index in [1.165, 1.54) is 11.1 Å². The first-order valence-corrected chi connectivity index (χ1v) is 10.9. The molecule has 5 heteroatoms. The van der Waals surface area contributed by atoms with E-state index in [0.717, 1.165) is 18.4 Å². The van der Waals surface area contributed by atoms with Crippen molar-refractivity contribution < 1.29 is 19.7 Å². The third-order valence-corrected chi connectivity index (χ3v) is 6.28. The third-order valence-electron chi connectivity index (χ3n) is 6.28. The zero-order valence-corrected chi connectivity index (χ0v) is 18.3. The molecule has 2 aliphatic carbocycles. The first-order chi connectivity index (χ1) is 14.3. The molecule has 0 aromatic heterocycles. The van der Waals surface area contributed by atoms with Gasteiger partial charge in [-0.25, -0.2) is 0 Å². The molecule has 2 N–H and O–H groups in total. The minimum absolute atomic E-state index is 0.0613. The van der Waals surface area contributed by atoms with Gasteiger partial charge in [-0.3, -0.25) is 4.79 Å². The third kappa shape index (κ3) is 6.03. The van der Waals surface area contributed by atoms with E-state index in [1.54, 1.807) is 19.0 Å². The highest BCUT2D eigenvalue weighted by Crippen LogP contribution is 2.47. The number of amides is 1. The van der Waals surface area contributed by atoms with E-state index >= 15 is 0 Å². The number of ether oxygens (including phenoxy) is 1. The molecule has 0 saturated heterocycles. The Morgan fingerprint density at radius 3 is 2.90 bits per heavy atom. The van der Waals surface area contributed by atoms with Crippen LogP contribution in [-0.2, 0) is 16.0 Å². The van der Waals surface area contributed by atoms with Crippen LogP contribution in [0.4, 0.5) is 0 Å². The van der Waals surface area contributed by atoms with Crippen LogP contribution in [0, 0.1) is 24.7 Å². The summed E-state index contributed by atoms with van der Waals surface area (Å²) < 4.78 is 5.70. The molecule has 1 amide bonds. The predicted molar refractivity (Wildman–Crippen MR) is 118 cm³/mol. The Kier molecular flexibility index (Phi) is 7.87. The summed E-state index contributed by atoms with van der Waals surface area (Å²) >= 11 is 0. The second-order valence-corrected chi connectivity index (χ2v) is 8.97. The Bertz CT molecular complexity index is 785. The molecule has 1 aromatic carbocycles. The van der Waals surface area contributed by atoms with Crippen molar-refractivity contribution in [3.63, 3.8) is 0 Å². The normalized spacial score (nSPS) is 26.6. The zero-order chi connectivity index (χ0) is 21.7. The molecule has 5 nitrogen and oxygen atoms in total. The van der Waals surface area contributed by atoms with Crippen LogP contribution in [0.25, 0.3) is 0 Å². The van der Waals surface area contributed by atoms with E-state index < -0.39 is 6.10 Å². The van der Waals surface area contributed by atoms with Gasteiger partial charge in [-0.15, -0.1) is 0 Å². The smallest absolute Gasteiger partial charge is 0.224 e. The molecule has 1 aromatic rings. The van der Waals surface area contributed by atoms with Crippen LogP contribution in [0.1, 0.15) is 30.4 Å². The minimum Gasteiger partial charge on any atom is -0.392 e. The number of aliphatic hydroxyl groups is 2. The lowest BCUT2D eigenvalue weighted by Gasteiger charge is -2.19. The maximum Gasteiger partial charge on any atom is 0.224 e. The topological polar surface area (TPSA) is 70.0 Å². The number of carbonyl (C=O) groups is 1. The van der Waals surface area contributed by atoms with E-state index in [1.807, 2.05) is 24.3 Å². The molecule has 0 spiro atoms. The summed E-state index contributed by atoms with van der Waals surface area (Å²) in [7, 11) is 3.50. The summed E-state index contributed by atoms with van der Waals surface area (Å²) in [6, 6.07) is 8.19. The molecule has 164 valence electrons. The number of allylic oxidation sites excluding steroid dienone is 1. The maximum absolute atomic E-state index is 11.6. The second kappa shape index (κ2) is 10.4. The molecule has 0 aliphatic heterocycles. The number of benzene rings is 1. The van der Waals surface area contributed by atoms with Crippen LogP contribution in [-0.4, -0.2) is 60.5 Å².